The molecule has 2 rings (SSSR count). The van der Waals surface area contributed by atoms with Crippen molar-refractivity contribution in [3.63, 3.8) is 0 Å². The third-order valence-electron chi connectivity index (χ3n) is 3.09. The number of nitrogens with zero attached hydrogens (tertiary/aromatic N) is 1. The predicted octanol–water partition coefficient (Wildman–Crippen LogP) is 1.79. The van der Waals surface area contributed by atoms with Gasteiger partial charge < -0.3 is 4.90 Å². The summed E-state index contributed by atoms with van der Waals surface area (Å²) in [6, 6.07) is 4.21. The third-order valence-corrected chi connectivity index (χ3v) is 3.96. The fraction of sp³-hybridized carbons (Fsp3) is 0.417. The Labute approximate surface area is 110 Å². The number of rotatable bonds is 3. The SMILES string of the molecule is Cc1cc(N2CC(CS(=O)(=O)F)CC2=O)ccc1F. The van der Waals surface area contributed by atoms with Gasteiger partial charge in [-0.3, -0.25) is 4.79 Å². The highest BCUT2D eigenvalue weighted by Crippen LogP contribution is 2.27. The molecule has 0 saturated carbocycles. The molecule has 1 aromatic carbocycles. The number of carbonyl (C=O) groups is 1. The molecule has 1 heterocycles. The lowest BCUT2D eigenvalue weighted by Gasteiger charge is -2.17. The molecular weight excluding hydrogens is 276 g/mol. The van der Waals surface area contributed by atoms with Crippen molar-refractivity contribution >= 4 is 21.8 Å². The second-order valence-electron chi connectivity index (χ2n) is 4.71. The van der Waals surface area contributed by atoms with E-state index < -0.39 is 21.9 Å². The maximum atomic E-state index is 13.1. The van der Waals surface area contributed by atoms with Crippen LogP contribution >= 0.6 is 0 Å². The molecule has 104 valence electrons. The number of amides is 1. The van der Waals surface area contributed by atoms with Gasteiger partial charge in [0.05, 0.1) is 5.75 Å². The molecule has 1 saturated heterocycles. The molecule has 1 unspecified atom stereocenters. The number of hydrogen-bond acceptors (Lipinski definition) is 3. The van der Waals surface area contributed by atoms with Gasteiger partial charge in [-0.1, -0.05) is 0 Å². The summed E-state index contributed by atoms with van der Waals surface area (Å²) in [6.07, 6.45) is -0.0143. The fourth-order valence-corrected chi connectivity index (χ4v) is 3.01. The molecule has 1 aliphatic rings. The van der Waals surface area contributed by atoms with Crippen molar-refractivity contribution < 1.29 is 21.5 Å². The summed E-state index contributed by atoms with van der Waals surface area (Å²) < 4.78 is 46.9. The second kappa shape index (κ2) is 4.88. The van der Waals surface area contributed by atoms with E-state index in [4.69, 9.17) is 0 Å². The molecule has 19 heavy (non-hydrogen) atoms. The average molecular weight is 289 g/mol. The molecule has 0 N–H and O–H groups in total. The molecule has 1 aromatic rings. The van der Waals surface area contributed by atoms with Gasteiger partial charge in [-0.2, -0.15) is 8.42 Å². The van der Waals surface area contributed by atoms with Crippen molar-refractivity contribution in [1.29, 1.82) is 0 Å². The van der Waals surface area contributed by atoms with Crippen LogP contribution in [0.25, 0.3) is 0 Å². The van der Waals surface area contributed by atoms with E-state index in [-0.39, 0.29) is 24.7 Å². The molecule has 0 aliphatic carbocycles. The first kappa shape index (κ1) is 13.9. The van der Waals surface area contributed by atoms with Crippen molar-refractivity contribution in [2.24, 2.45) is 5.92 Å². The summed E-state index contributed by atoms with van der Waals surface area (Å²) in [5.41, 5.74) is 0.898. The van der Waals surface area contributed by atoms with E-state index in [0.717, 1.165) is 0 Å². The lowest BCUT2D eigenvalue weighted by atomic mass is 10.1. The normalized spacial score (nSPS) is 20.1. The Hall–Kier alpha value is -1.50. The summed E-state index contributed by atoms with van der Waals surface area (Å²) in [5.74, 6) is -1.87. The quantitative estimate of drug-likeness (QED) is 0.797. The molecule has 4 nitrogen and oxygen atoms in total. The zero-order valence-corrected chi connectivity index (χ0v) is 11.1. The summed E-state index contributed by atoms with van der Waals surface area (Å²) in [5, 5.41) is 0. The standard InChI is InChI=1S/C12H13F2NO3S/c1-8-4-10(2-3-11(8)13)15-6-9(5-12(15)16)7-19(14,17)18/h2-4,9H,5-7H2,1H3. The smallest absolute Gasteiger partial charge is 0.302 e. The van der Waals surface area contributed by atoms with Crippen LogP contribution in [0, 0.1) is 18.7 Å². The van der Waals surface area contributed by atoms with Crippen LogP contribution in [0.5, 0.6) is 0 Å². The monoisotopic (exact) mass is 289 g/mol. The van der Waals surface area contributed by atoms with Gasteiger partial charge in [-0.25, -0.2) is 4.39 Å². The van der Waals surface area contributed by atoms with Gasteiger partial charge in [0.15, 0.2) is 0 Å². The van der Waals surface area contributed by atoms with Crippen LogP contribution < -0.4 is 4.90 Å². The van der Waals surface area contributed by atoms with Crippen molar-refractivity contribution in [1.82, 2.24) is 0 Å². The highest BCUT2D eigenvalue weighted by Gasteiger charge is 2.33. The maximum absolute atomic E-state index is 13.1. The van der Waals surface area contributed by atoms with E-state index >= 15 is 0 Å². The molecule has 7 heteroatoms. The van der Waals surface area contributed by atoms with Crippen LogP contribution in [0.4, 0.5) is 14.0 Å². The first-order chi connectivity index (χ1) is 8.76. The summed E-state index contributed by atoms with van der Waals surface area (Å²) in [6.45, 7) is 1.70. The molecule has 1 atom stereocenters. The topological polar surface area (TPSA) is 54.5 Å². The van der Waals surface area contributed by atoms with Crippen molar-refractivity contribution in [3.8, 4) is 0 Å². The van der Waals surface area contributed by atoms with Gasteiger partial charge in [-0.15, -0.1) is 3.89 Å². The summed E-state index contributed by atoms with van der Waals surface area (Å²) in [7, 11) is -4.59. The van der Waals surface area contributed by atoms with Gasteiger partial charge in [-0.05, 0) is 30.7 Å². The Kier molecular flexibility index (Phi) is 3.58. The zero-order valence-electron chi connectivity index (χ0n) is 10.3. The molecule has 0 radical (unpaired) electrons. The molecule has 1 amide bonds. The lowest BCUT2D eigenvalue weighted by Crippen LogP contribution is -2.25. The van der Waals surface area contributed by atoms with Crippen molar-refractivity contribution in [2.45, 2.75) is 13.3 Å². The fourth-order valence-electron chi connectivity index (χ4n) is 2.22. The number of aryl methyl sites for hydroxylation is 1. The number of hydrogen-bond donors (Lipinski definition) is 0. The van der Waals surface area contributed by atoms with Crippen LogP contribution in [0.15, 0.2) is 18.2 Å². The van der Waals surface area contributed by atoms with Crippen molar-refractivity contribution in [2.75, 3.05) is 17.2 Å². The minimum atomic E-state index is -4.59. The largest absolute Gasteiger partial charge is 0.312 e. The minimum Gasteiger partial charge on any atom is -0.312 e. The van der Waals surface area contributed by atoms with Crippen molar-refractivity contribution in [3.05, 3.63) is 29.6 Å². The van der Waals surface area contributed by atoms with Gasteiger partial charge in [0.2, 0.25) is 5.91 Å². The highest BCUT2D eigenvalue weighted by molar-refractivity contribution is 7.86. The predicted molar refractivity (Wildman–Crippen MR) is 66.5 cm³/mol. The number of anilines is 1. The van der Waals surface area contributed by atoms with E-state index in [9.17, 15) is 21.5 Å². The van der Waals surface area contributed by atoms with Gasteiger partial charge >= 0.3 is 10.2 Å². The lowest BCUT2D eigenvalue weighted by molar-refractivity contribution is -0.117. The van der Waals surface area contributed by atoms with Gasteiger partial charge in [0.25, 0.3) is 0 Å². The minimum absolute atomic E-state index is 0.0143. The molecule has 1 aliphatic heterocycles. The molecule has 0 spiro atoms. The van der Waals surface area contributed by atoms with E-state index in [1.54, 1.807) is 6.92 Å². The van der Waals surface area contributed by atoms with E-state index in [2.05, 4.69) is 0 Å². The van der Waals surface area contributed by atoms with Gasteiger partial charge in [0.1, 0.15) is 5.82 Å². The Morgan fingerprint density at radius 1 is 1.42 bits per heavy atom. The van der Waals surface area contributed by atoms with Crippen LogP contribution in [-0.4, -0.2) is 26.6 Å². The van der Waals surface area contributed by atoms with Crippen LogP contribution in [0.1, 0.15) is 12.0 Å². The Morgan fingerprint density at radius 2 is 2.11 bits per heavy atom. The third kappa shape index (κ3) is 3.28. The Morgan fingerprint density at radius 3 is 2.68 bits per heavy atom. The maximum Gasteiger partial charge on any atom is 0.302 e. The molecule has 1 fully saturated rings. The van der Waals surface area contributed by atoms with Crippen LogP contribution in [0.3, 0.4) is 0 Å². The second-order valence-corrected chi connectivity index (χ2v) is 6.12. The van der Waals surface area contributed by atoms with Crippen LogP contribution in [0.2, 0.25) is 0 Å². The number of benzene rings is 1. The molecule has 0 bridgehead atoms. The number of carbonyl (C=O) groups excluding carboxylic acids is 1. The first-order valence-corrected chi connectivity index (χ1v) is 7.30. The summed E-state index contributed by atoms with van der Waals surface area (Å²) >= 11 is 0. The van der Waals surface area contributed by atoms with E-state index in [1.165, 1.54) is 23.1 Å². The van der Waals surface area contributed by atoms with Gasteiger partial charge in [0, 0.05) is 24.6 Å². The molecular formula is C12H13F2NO3S. The zero-order chi connectivity index (χ0) is 14.2. The highest BCUT2D eigenvalue weighted by atomic mass is 32.3. The summed E-state index contributed by atoms with van der Waals surface area (Å²) in [4.78, 5) is 13.1. The molecule has 0 aromatic heterocycles. The first-order valence-electron chi connectivity index (χ1n) is 5.75. The van der Waals surface area contributed by atoms with Crippen LogP contribution in [-0.2, 0) is 15.0 Å². The van der Waals surface area contributed by atoms with E-state index in [1.807, 2.05) is 0 Å². The number of halogens is 2. The average Bonchev–Trinajstić information content (AvgIpc) is 2.61. The Balaban J connectivity index is 2.18. The van der Waals surface area contributed by atoms with E-state index in [0.29, 0.717) is 11.3 Å². The Bertz CT molecular complexity index is 615.